The number of anilines is 2. The number of hydrogen-bond acceptors (Lipinski definition) is 5. The summed E-state index contributed by atoms with van der Waals surface area (Å²) in [4.78, 5) is 17.4. The number of hydrogen-bond donors (Lipinski definition) is 3. The Labute approximate surface area is 129 Å². The smallest absolute Gasteiger partial charge is 0.248 e. The van der Waals surface area contributed by atoms with Gasteiger partial charge in [-0.1, -0.05) is 12.1 Å². The molecule has 0 aliphatic carbocycles. The summed E-state index contributed by atoms with van der Waals surface area (Å²) in [5.74, 6) is 0.307. The van der Waals surface area contributed by atoms with Crippen LogP contribution in [0.4, 0.5) is 11.5 Å². The normalized spacial score (nSPS) is 10.3. The van der Waals surface area contributed by atoms with Crippen LogP contribution < -0.4 is 16.0 Å². The van der Waals surface area contributed by atoms with Crippen LogP contribution in [0.15, 0.2) is 42.6 Å². The minimum Gasteiger partial charge on any atom is -0.395 e. The van der Waals surface area contributed by atoms with Crippen molar-refractivity contribution in [1.82, 2.24) is 4.98 Å². The molecule has 0 bridgehead atoms. The Kier molecular flexibility index (Phi) is 5.32. The number of aliphatic hydroxyl groups is 1. The van der Waals surface area contributed by atoms with Gasteiger partial charge in [-0.05, 0) is 29.8 Å². The number of likely N-dealkylation sites (N-methyl/N-ethyl adjacent to an activating group) is 1. The molecule has 0 unspecified atom stereocenters. The Morgan fingerprint density at radius 3 is 2.82 bits per heavy atom. The average molecular weight is 300 g/mol. The number of primary amides is 1. The van der Waals surface area contributed by atoms with E-state index in [0.29, 0.717) is 18.7 Å². The molecule has 0 atom stereocenters. The predicted molar refractivity (Wildman–Crippen MR) is 86.9 cm³/mol. The van der Waals surface area contributed by atoms with Gasteiger partial charge >= 0.3 is 0 Å². The van der Waals surface area contributed by atoms with Gasteiger partial charge in [0.15, 0.2) is 0 Å². The van der Waals surface area contributed by atoms with E-state index in [1.165, 1.54) is 0 Å². The molecule has 1 amide bonds. The van der Waals surface area contributed by atoms with Gasteiger partial charge in [-0.3, -0.25) is 4.79 Å². The van der Waals surface area contributed by atoms with Gasteiger partial charge in [0.05, 0.1) is 18.5 Å². The lowest BCUT2D eigenvalue weighted by molar-refractivity contribution is 0.1000. The van der Waals surface area contributed by atoms with Crippen LogP contribution >= 0.6 is 0 Å². The van der Waals surface area contributed by atoms with E-state index in [-0.39, 0.29) is 6.61 Å². The van der Waals surface area contributed by atoms with Crippen LogP contribution in [0.25, 0.3) is 0 Å². The topological polar surface area (TPSA) is 91.5 Å². The van der Waals surface area contributed by atoms with Crippen molar-refractivity contribution in [2.75, 3.05) is 30.4 Å². The molecular weight excluding hydrogens is 280 g/mol. The molecular formula is C16H20N4O2. The minimum absolute atomic E-state index is 0.104. The molecule has 0 radical (unpaired) electrons. The van der Waals surface area contributed by atoms with Gasteiger partial charge < -0.3 is 21.1 Å². The van der Waals surface area contributed by atoms with E-state index in [1.807, 2.05) is 30.1 Å². The van der Waals surface area contributed by atoms with Crippen molar-refractivity contribution >= 4 is 17.4 Å². The van der Waals surface area contributed by atoms with Crippen molar-refractivity contribution in [2.45, 2.75) is 6.54 Å². The summed E-state index contributed by atoms with van der Waals surface area (Å²) in [5.41, 5.74) is 7.66. The lowest BCUT2D eigenvalue weighted by Crippen LogP contribution is -2.21. The van der Waals surface area contributed by atoms with Crippen LogP contribution in [0.2, 0.25) is 0 Å². The highest BCUT2D eigenvalue weighted by atomic mass is 16.3. The maximum atomic E-state index is 11.1. The number of pyridine rings is 1. The molecule has 116 valence electrons. The minimum atomic E-state index is -0.434. The fourth-order valence-corrected chi connectivity index (χ4v) is 2.02. The zero-order valence-electron chi connectivity index (χ0n) is 12.5. The zero-order chi connectivity index (χ0) is 15.9. The lowest BCUT2D eigenvalue weighted by atomic mass is 10.1. The number of aromatic nitrogens is 1. The lowest BCUT2D eigenvalue weighted by Gasteiger charge is -2.17. The summed E-state index contributed by atoms with van der Waals surface area (Å²) in [7, 11) is 1.90. The van der Waals surface area contributed by atoms with Crippen molar-refractivity contribution in [3.8, 4) is 0 Å². The number of nitrogens with one attached hydrogen (secondary N) is 1. The summed E-state index contributed by atoms with van der Waals surface area (Å²) in [6.07, 6.45) is 1.75. The standard InChI is InChI=1S/C16H20N4O2/c1-20(7-8-21)14-5-6-15(19-11-14)18-10-12-3-2-4-13(9-12)16(17)22/h2-6,9,11,21H,7-8,10H2,1H3,(H2,17,22)(H,18,19). The highest BCUT2D eigenvalue weighted by molar-refractivity contribution is 5.92. The number of benzene rings is 1. The second kappa shape index (κ2) is 7.42. The van der Waals surface area contributed by atoms with E-state index in [9.17, 15) is 4.79 Å². The molecule has 0 fully saturated rings. The van der Waals surface area contributed by atoms with Gasteiger partial charge in [-0.15, -0.1) is 0 Å². The molecule has 1 aromatic carbocycles. The number of nitrogens with zero attached hydrogens (tertiary/aromatic N) is 2. The quantitative estimate of drug-likeness (QED) is 0.715. The third-order valence-corrected chi connectivity index (χ3v) is 3.31. The van der Waals surface area contributed by atoms with Crippen molar-refractivity contribution in [2.24, 2.45) is 5.73 Å². The first-order valence-corrected chi connectivity index (χ1v) is 7.01. The van der Waals surface area contributed by atoms with E-state index in [0.717, 1.165) is 17.1 Å². The van der Waals surface area contributed by atoms with Crippen LogP contribution in [0.5, 0.6) is 0 Å². The molecule has 1 aromatic heterocycles. The SMILES string of the molecule is CN(CCO)c1ccc(NCc2cccc(C(N)=O)c2)nc1. The van der Waals surface area contributed by atoms with E-state index >= 15 is 0 Å². The number of carbonyl (C=O) groups is 1. The number of carbonyl (C=O) groups excluding carboxylic acids is 1. The summed E-state index contributed by atoms with van der Waals surface area (Å²) in [5, 5.41) is 12.1. The Hall–Kier alpha value is -2.60. The molecule has 6 nitrogen and oxygen atoms in total. The van der Waals surface area contributed by atoms with Gasteiger partial charge in [-0.2, -0.15) is 0 Å². The Balaban J connectivity index is 1.97. The van der Waals surface area contributed by atoms with E-state index in [4.69, 9.17) is 10.8 Å². The van der Waals surface area contributed by atoms with E-state index in [1.54, 1.807) is 24.4 Å². The molecule has 0 aliphatic heterocycles. The Morgan fingerprint density at radius 1 is 1.36 bits per heavy atom. The molecule has 0 saturated carbocycles. The van der Waals surface area contributed by atoms with Crippen LogP contribution in [0.1, 0.15) is 15.9 Å². The van der Waals surface area contributed by atoms with Crippen LogP contribution in [0.3, 0.4) is 0 Å². The average Bonchev–Trinajstić information content (AvgIpc) is 2.54. The van der Waals surface area contributed by atoms with Crippen molar-refractivity contribution in [3.05, 3.63) is 53.7 Å². The largest absolute Gasteiger partial charge is 0.395 e. The molecule has 4 N–H and O–H groups in total. The summed E-state index contributed by atoms with van der Waals surface area (Å²) >= 11 is 0. The van der Waals surface area contributed by atoms with Crippen LogP contribution in [-0.4, -0.2) is 36.2 Å². The van der Waals surface area contributed by atoms with Crippen LogP contribution in [-0.2, 0) is 6.54 Å². The number of rotatable bonds is 7. The van der Waals surface area contributed by atoms with Crippen molar-refractivity contribution < 1.29 is 9.90 Å². The number of aliphatic hydroxyl groups excluding tert-OH is 1. The van der Waals surface area contributed by atoms with Gasteiger partial charge in [0.2, 0.25) is 5.91 Å². The summed E-state index contributed by atoms with van der Waals surface area (Å²) in [6, 6.07) is 11.0. The molecule has 6 heteroatoms. The summed E-state index contributed by atoms with van der Waals surface area (Å²) in [6.45, 7) is 1.22. The first kappa shape index (κ1) is 15.8. The highest BCUT2D eigenvalue weighted by Crippen LogP contribution is 2.14. The Bertz CT molecular complexity index is 628. The third kappa shape index (κ3) is 4.20. The monoisotopic (exact) mass is 300 g/mol. The number of nitrogens with two attached hydrogens (primary N) is 1. The maximum absolute atomic E-state index is 11.1. The Morgan fingerprint density at radius 2 is 2.18 bits per heavy atom. The first-order valence-electron chi connectivity index (χ1n) is 7.01. The predicted octanol–water partition coefficient (Wildman–Crippen LogP) is 1.22. The molecule has 0 aliphatic rings. The molecule has 2 aromatic rings. The fourth-order valence-electron chi connectivity index (χ4n) is 2.02. The van der Waals surface area contributed by atoms with Gasteiger partial charge in [0.25, 0.3) is 0 Å². The second-order valence-corrected chi connectivity index (χ2v) is 4.96. The molecule has 22 heavy (non-hydrogen) atoms. The highest BCUT2D eigenvalue weighted by Gasteiger charge is 2.03. The third-order valence-electron chi connectivity index (χ3n) is 3.31. The zero-order valence-corrected chi connectivity index (χ0v) is 12.5. The van der Waals surface area contributed by atoms with E-state index < -0.39 is 5.91 Å². The first-order chi connectivity index (χ1) is 10.6. The maximum Gasteiger partial charge on any atom is 0.248 e. The van der Waals surface area contributed by atoms with Crippen molar-refractivity contribution in [3.63, 3.8) is 0 Å². The number of amides is 1. The fraction of sp³-hybridized carbons (Fsp3) is 0.250. The molecule has 2 rings (SSSR count). The van der Waals surface area contributed by atoms with Crippen molar-refractivity contribution in [1.29, 1.82) is 0 Å². The van der Waals surface area contributed by atoms with Gasteiger partial charge in [0.1, 0.15) is 5.82 Å². The van der Waals surface area contributed by atoms with Crippen LogP contribution in [0, 0.1) is 0 Å². The van der Waals surface area contributed by atoms with Gasteiger partial charge in [0, 0.05) is 25.7 Å². The molecule has 1 heterocycles. The summed E-state index contributed by atoms with van der Waals surface area (Å²) < 4.78 is 0. The molecule has 0 spiro atoms. The second-order valence-electron chi connectivity index (χ2n) is 4.96. The molecule has 0 saturated heterocycles. The van der Waals surface area contributed by atoms with E-state index in [2.05, 4.69) is 10.3 Å². The van der Waals surface area contributed by atoms with Gasteiger partial charge in [-0.25, -0.2) is 4.98 Å².